The van der Waals surface area contributed by atoms with Crippen LogP contribution in [0.4, 0.5) is 0 Å². The molecule has 0 radical (unpaired) electrons. The average molecular weight is 258 g/mol. The van der Waals surface area contributed by atoms with E-state index in [0.29, 0.717) is 18.2 Å². The molecule has 0 bridgehead atoms. The number of benzene rings is 1. The summed E-state index contributed by atoms with van der Waals surface area (Å²) >= 11 is 6.05. The number of aliphatic hydroxyl groups is 1. The third-order valence-corrected chi connectivity index (χ3v) is 3.07. The van der Waals surface area contributed by atoms with Crippen LogP contribution in [0.1, 0.15) is 18.4 Å². The van der Waals surface area contributed by atoms with Crippen molar-refractivity contribution in [3.05, 3.63) is 28.8 Å². The van der Waals surface area contributed by atoms with Gasteiger partial charge in [0.25, 0.3) is 0 Å². The zero-order valence-electron chi connectivity index (χ0n) is 10.2. The topological polar surface area (TPSA) is 55.5 Å². The van der Waals surface area contributed by atoms with Crippen molar-refractivity contribution >= 4 is 11.6 Å². The Morgan fingerprint density at radius 3 is 2.76 bits per heavy atom. The predicted molar refractivity (Wildman–Crippen MR) is 70.5 cm³/mol. The molecule has 0 aromatic heterocycles. The summed E-state index contributed by atoms with van der Waals surface area (Å²) in [5.41, 5.74) is 6.49. The van der Waals surface area contributed by atoms with Gasteiger partial charge >= 0.3 is 0 Å². The Labute approximate surface area is 108 Å². The lowest BCUT2D eigenvalue weighted by molar-refractivity contribution is 0.185. The van der Waals surface area contributed by atoms with E-state index < -0.39 is 0 Å². The first-order valence-electron chi connectivity index (χ1n) is 5.88. The lowest BCUT2D eigenvalue weighted by Crippen LogP contribution is -2.15. The van der Waals surface area contributed by atoms with E-state index in [9.17, 15) is 0 Å². The van der Waals surface area contributed by atoms with Crippen LogP contribution in [-0.4, -0.2) is 24.9 Å². The second-order valence-corrected chi connectivity index (χ2v) is 4.56. The maximum absolute atomic E-state index is 9.13. The summed E-state index contributed by atoms with van der Waals surface area (Å²) in [6.07, 6.45) is 1.61. The van der Waals surface area contributed by atoms with Gasteiger partial charge in [-0.1, -0.05) is 23.7 Å². The SMILES string of the molecule is Cc1cccc(Cl)c1OCCC(CO)CCN. The molecule has 0 saturated heterocycles. The van der Waals surface area contributed by atoms with Crippen molar-refractivity contribution < 1.29 is 9.84 Å². The van der Waals surface area contributed by atoms with E-state index >= 15 is 0 Å². The Balaban J connectivity index is 2.45. The van der Waals surface area contributed by atoms with E-state index in [1.54, 1.807) is 0 Å². The van der Waals surface area contributed by atoms with Crippen molar-refractivity contribution in [1.29, 1.82) is 0 Å². The maximum Gasteiger partial charge on any atom is 0.140 e. The van der Waals surface area contributed by atoms with Crippen LogP contribution in [0.3, 0.4) is 0 Å². The van der Waals surface area contributed by atoms with E-state index in [4.69, 9.17) is 27.2 Å². The minimum Gasteiger partial charge on any atom is -0.492 e. The van der Waals surface area contributed by atoms with Gasteiger partial charge in [-0.15, -0.1) is 0 Å². The van der Waals surface area contributed by atoms with Crippen molar-refractivity contribution in [2.75, 3.05) is 19.8 Å². The van der Waals surface area contributed by atoms with Crippen LogP contribution in [0.15, 0.2) is 18.2 Å². The van der Waals surface area contributed by atoms with Crippen LogP contribution in [0.25, 0.3) is 0 Å². The number of rotatable bonds is 7. The first-order chi connectivity index (χ1) is 8.19. The average Bonchev–Trinajstić information content (AvgIpc) is 2.31. The van der Waals surface area contributed by atoms with Crippen LogP contribution in [-0.2, 0) is 0 Å². The molecular formula is C13H20ClNO2. The zero-order chi connectivity index (χ0) is 12.7. The summed E-state index contributed by atoms with van der Waals surface area (Å²) in [7, 11) is 0. The Hall–Kier alpha value is -0.770. The van der Waals surface area contributed by atoms with Crippen molar-refractivity contribution in [3.8, 4) is 5.75 Å². The fraction of sp³-hybridized carbons (Fsp3) is 0.538. The largest absolute Gasteiger partial charge is 0.492 e. The third kappa shape index (κ3) is 4.54. The molecule has 0 amide bonds. The van der Waals surface area contributed by atoms with E-state index in [1.165, 1.54) is 0 Å². The van der Waals surface area contributed by atoms with Gasteiger partial charge < -0.3 is 15.6 Å². The number of hydrogen-bond donors (Lipinski definition) is 2. The first-order valence-corrected chi connectivity index (χ1v) is 6.25. The minimum absolute atomic E-state index is 0.155. The highest BCUT2D eigenvalue weighted by atomic mass is 35.5. The van der Waals surface area contributed by atoms with Gasteiger partial charge in [0.15, 0.2) is 0 Å². The number of ether oxygens (including phenoxy) is 1. The second kappa shape index (κ2) is 7.54. The molecule has 1 aromatic rings. The van der Waals surface area contributed by atoms with Gasteiger partial charge in [0.1, 0.15) is 5.75 Å². The van der Waals surface area contributed by atoms with Crippen molar-refractivity contribution in [2.24, 2.45) is 11.7 Å². The minimum atomic E-state index is 0.155. The van der Waals surface area contributed by atoms with E-state index in [2.05, 4.69) is 0 Å². The molecule has 17 heavy (non-hydrogen) atoms. The molecule has 0 aliphatic rings. The molecule has 0 aliphatic heterocycles. The van der Waals surface area contributed by atoms with Crippen LogP contribution in [0.2, 0.25) is 5.02 Å². The van der Waals surface area contributed by atoms with Gasteiger partial charge in [-0.25, -0.2) is 0 Å². The third-order valence-electron chi connectivity index (χ3n) is 2.77. The fourth-order valence-corrected chi connectivity index (χ4v) is 1.97. The molecule has 0 saturated carbocycles. The summed E-state index contributed by atoms with van der Waals surface area (Å²) in [6.45, 7) is 3.26. The Morgan fingerprint density at radius 2 is 2.18 bits per heavy atom. The molecule has 4 heteroatoms. The Bertz CT molecular complexity index is 324. The highest BCUT2D eigenvalue weighted by Gasteiger charge is 2.09. The van der Waals surface area contributed by atoms with Crippen molar-refractivity contribution in [2.45, 2.75) is 19.8 Å². The van der Waals surface area contributed by atoms with Crippen molar-refractivity contribution in [3.63, 3.8) is 0 Å². The molecular weight excluding hydrogens is 238 g/mol. The maximum atomic E-state index is 9.13. The molecule has 96 valence electrons. The van der Waals surface area contributed by atoms with E-state index in [0.717, 1.165) is 24.2 Å². The molecule has 0 fully saturated rings. The molecule has 0 spiro atoms. The molecule has 1 atom stereocenters. The summed E-state index contributed by atoms with van der Waals surface area (Å²) in [6, 6.07) is 5.67. The second-order valence-electron chi connectivity index (χ2n) is 4.15. The molecule has 1 aromatic carbocycles. The molecule has 0 aliphatic carbocycles. The summed E-state index contributed by atoms with van der Waals surface area (Å²) in [5.74, 6) is 0.946. The fourth-order valence-electron chi connectivity index (χ4n) is 1.69. The number of aliphatic hydroxyl groups excluding tert-OH is 1. The molecule has 1 unspecified atom stereocenters. The zero-order valence-corrected chi connectivity index (χ0v) is 10.9. The van der Waals surface area contributed by atoms with Crippen LogP contribution in [0.5, 0.6) is 5.75 Å². The lowest BCUT2D eigenvalue weighted by Gasteiger charge is -2.15. The number of aryl methyl sites for hydroxylation is 1. The standard InChI is InChI=1S/C13H20ClNO2/c1-10-3-2-4-12(14)13(10)17-8-6-11(9-16)5-7-15/h2-4,11,16H,5-9,15H2,1H3. The van der Waals surface area contributed by atoms with Gasteiger partial charge in [-0.3, -0.25) is 0 Å². The number of para-hydroxylation sites is 1. The molecule has 3 nitrogen and oxygen atoms in total. The van der Waals surface area contributed by atoms with Crippen LogP contribution >= 0.6 is 11.6 Å². The first kappa shape index (κ1) is 14.3. The smallest absolute Gasteiger partial charge is 0.140 e. The van der Waals surface area contributed by atoms with E-state index in [1.807, 2.05) is 25.1 Å². The summed E-state index contributed by atoms with van der Waals surface area (Å²) < 4.78 is 5.66. The van der Waals surface area contributed by atoms with Gasteiger partial charge in [0, 0.05) is 6.61 Å². The molecule has 3 N–H and O–H groups in total. The number of nitrogens with two attached hydrogens (primary N) is 1. The monoisotopic (exact) mass is 257 g/mol. The highest BCUT2D eigenvalue weighted by Crippen LogP contribution is 2.28. The van der Waals surface area contributed by atoms with Crippen LogP contribution < -0.4 is 10.5 Å². The van der Waals surface area contributed by atoms with Gasteiger partial charge in [0.05, 0.1) is 11.6 Å². The van der Waals surface area contributed by atoms with Gasteiger partial charge in [-0.2, -0.15) is 0 Å². The van der Waals surface area contributed by atoms with Gasteiger partial charge in [-0.05, 0) is 43.9 Å². The Morgan fingerprint density at radius 1 is 1.41 bits per heavy atom. The van der Waals surface area contributed by atoms with E-state index in [-0.39, 0.29) is 12.5 Å². The summed E-state index contributed by atoms with van der Waals surface area (Å²) in [4.78, 5) is 0. The predicted octanol–water partition coefficient (Wildman–Crippen LogP) is 2.37. The summed E-state index contributed by atoms with van der Waals surface area (Å²) in [5, 5.41) is 9.76. The highest BCUT2D eigenvalue weighted by molar-refractivity contribution is 6.32. The molecule has 0 heterocycles. The van der Waals surface area contributed by atoms with Crippen LogP contribution in [0, 0.1) is 12.8 Å². The lowest BCUT2D eigenvalue weighted by atomic mass is 10.0. The number of hydrogen-bond acceptors (Lipinski definition) is 3. The normalized spacial score (nSPS) is 12.5. The number of halogens is 1. The van der Waals surface area contributed by atoms with Gasteiger partial charge in [0.2, 0.25) is 0 Å². The Kier molecular flexibility index (Phi) is 6.34. The quantitative estimate of drug-likeness (QED) is 0.789. The van der Waals surface area contributed by atoms with Crippen molar-refractivity contribution in [1.82, 2.24) is 0 Å². The molecule has 1 rings (SSSR count).